The lowest BCUT2D eigenvalue weighted by molar-refractivity contribution is 0.724. The van der Waals surface area contributed by atoms with Crippen molar-refractivity contribution >= 4 is 28.3 Å². The van der Waals surface area contributed by atoms with Gasteiger partial charge in [-0.25, -0.2) is 4.98 Å². The van der Waals surface area contributed by atoms with Crippen LogP contribution in [0, 0.1) is 15.5 Å². The topological polar surface area (TPSA) is 28.2 Å². The SMILES string of the molecule is CC#CCc1cc(N2CCCNCC2)cnc1I. The van der Waals surface area contributed by atoms with Gasteiger partial charge >= 0.3 is 0 Å². The van der Waals surface area contributed by atoms with E-state index in [0.717, 1.165) is 36.3 Å². The molecular weight excluding hydrogens is 337 g/mol. The Balaban J connectivity index is 2.18. The van der Waals surface area contributed by atoms with Gasteiger partial charge in [0.05, 0.1) is 11.9 Å². The summed E-state index contributed by atoms with van der Waals surface area (Å²) in [4.78, 5) is 6.90. The fourth-order valence-corrected chi connectivity index (χ4v) is 2.55. The summed E-state index contributed by atoms with van der Waals surface area (Å²) in [6, 6.07) is 2.24. The molecule has 3 nitrogen and oxygen atoms in total. The predicted molar refractivity (Wildman–Crippen MR) is 83.8 cm³/mol. The van der Waals surface area contributed by atoms with E-state index >= 15 is 0 Å². The van der Waals surface area contributed by atoms with Crippen LogP contribution in [0.4, 0.5) is 5.69 Å². The molecule has 0 saturated carbocycles. The highest BCUT2D eigenvalue weighted by Gasteiger charge is 2.11. The molecule has 1 fully saturated rings. The van der Waals surface area contributed by atoms with Crippen molar-refractivity contribution in [2.75, 3.05) is 31.1 Å². The number of anilines is 1. The maximum atomic E-state index is 4.49. The lowest BCUT2D eigenvalue weighted by Gasteiger charge is -2.22. The number of nitrogens with zero attached hydrogens (tertiary/aromatic N) is 2. The minimum absolute atomic E-state index is 0.793. The van der Waals surface area contributed by atoms with Crippen LogP contribution in [0.25, 0.3) is 0 Å². The van der Waals surface area contributed by atoms with Crippen LogP contribution < -0.4 is 10.2 Å². The molecule has 2 rings (SSSR count). The molecule has 18 heavy (non-hydrogen) atoms. The molecule has 4 heteroatoms. The molecule has 0 bridgehead atoms. The monoisotopic (exact) mass is 355 g/mol. The van der Waals surface area contributed by atoms with E-state index in [1.54, 1.807) is 0 Å². The number of hydrogen-bond donors (Lipinski definition) is 1. The summed E-state index contributed by atoms with van der Waals surface area (Å²) in [6.45, 7) is 6.21. The van der Waals surface area contributed by atoms with Crippen molar-refractivity contribution in [2.24, 2.45) is 0 Å². The largest absolute Gasteiger partial charge is 0.369 e. The van der Waals surface area contributed by atoms with Gasteiger partial charge in [-0.1, -0.05) is 5.92 Å². The van der Waals surface area contributed by atoms with Gasteiger partial charge in [0.1, 0.15) is 3.70 Å². The first-order valence-corrected chi connectivity index (χ1v) is 7.39. The van der Waals surface area contributed by atoms with Crippen LogP contribution in [0.3, 0.4) is 0 Å². The highest BCUT2D eigenvalue weighted by Crippen LogP contribution is 2.19. The van der Waals surface area contributed by atoms with Gasteiger partial charge in [0.25, 0.3) is 0 Å². The molecule has 1 aliphatic rings. The Hall–Kier alpha value is -0.800. The van der Waals surface area contributed by atoms with Crippen molar-refractivity contribution in [1.29, 1.82) is 0 Å². The molecule has 0 atom stereocenters. The molecule has 0 unspecified atom stereocenters. The lowest BCUT2D eigenvalue weighted by atomic mass is 10.2. The highest BCUT2D eigenvalue weighted by atomic mass is 127. The second-order valence-electron chi connectivity index (χ2n) is 4.34. The van der Waals surface area contributed by atoms with Crippen LogP contribution in [-0.2, 0) is 6.42 Å². The molecule has 2 heterocycles. The zero-order chi connectivity index (χ0) is 12.8. The molecule has 96 valence electrons. The first-order valence-electron chi connectivity index (χ1n) is 6.31. The average Bonchev–Trinajstić information content (AvgIpc) is 2.67. The van der Waals surface area contributed by atoms with Gasteiger partial charge in [-0.05, 0) is 54.1 Å². The summed E-state index contributed by atoms with van der Waals surface area (Å²) < 4.78 is 1.06. The van der Waals surface area contributed by atoms with Crippen molar-refractivity contribution in [3.8, 4) is 11.8 Å². The second-order valence-corrected chi connectivity index (χ2v) is 5.36. The minimum atomic E-state index is 0.793. The van der Waals surface area contributed by atoms with Gasteiger partial charge in [0.15, 0.2) is 0 Å². The van der Waals surface area contributed by atoms with Gasteiger partial charge in [0, 0.05) is 26.1 Å². The highest BCUT2D eigenvalue weighted by molar-refractivity contribution is 14.1. The van der Waals surface area contributed by atoms with Gasteiger partial charge < -0.3 is 10.2 Å². The van der Waals surface area contributed by atoms with E-state index in [-0.39, 0.29) is 0 Å². The maximum Gasteiger partial charge on any atom is 0.105 e. The normalized spacial score (nSPS) is 15.8. The Kier molecular flexibility index (Phi) is 5.26. The fourth-order valence-electron chi connectivity index (χ4n) is 2.07. The molecule has 0 spiro atoms. The van der Waals surface area contributed by atoms with E-state index in [9.17, 15) is 0 Å². The predicted octanol–water partition coefficient (Wildman–Crippen LogP) is 2.05. The van der Waals surface area contributed by atoms with Crippen molar-refractivity contribution in [1.82, 2.24) is 10.3 Å². The molecule has 0 radical (unpaired) electrons. The smallest absolute Gasteiger partial charge is 0.105 e. The van der Waals surface area contributed by atoms with E-state index in [2.05, 4.69) is 55.7 Å². The van der Waals surface area contributed by atoms with Gasteiger partial charge in [-0.2, -0.15) is 0 Å². The number of hydrogen-bond acceptors (Lipinski definition) is 3. The molecule has 0 amide bonds. The summed E-state index contributed by atoms with van der Waals surface area (Å²) in [6.07, 6.45) is 3.97. The van der Waals surface area contributed by atoms with Crippen LogP contribution in [0.1, 0.15) is 18.9 Å². The number of halogens is 1. The van der Waals surface area contributed by atoms with Crippen LogP contribution in [-0.4, -0.2) is 31.2 Å². The molecule has 1 saturated heterocycles. The Morgan fingerprint density at radius 1 is 1.44 bits per heavy atom. The van der Waals surface area contributed by atoms with Crippen molar-refractivity contribution in [3.63, 3.8) is 0 Å². The lowest BCUT2D eigenvalue weighted by Crippen LogP contribution is -2.28. The molecule has 0 aliphatic carbocycles. The van der Waals surface area contributed by atoms with Crippen LogP contribution >= 0.6 is 22.6 Å². The third-order valence-electron chi connectivity index (χ3n) is 3.06. The van der Waals surface area contributed by atoms with Gasteiger partial charge in [-0.3, -0.25) is 0 Å². The standard InChI is InChI=1S/C14H18IN3/c1-2-3-5-12-10-13(11-17-14(12)15)18-8-4-6-16-7-9-18/h10-11,16H,4-9H2,1H3. The zero-order valence-corrected chi connectivity index (χ0v) is 12.8. The number of aromatic nitrogens is 1. The first kappa shape index (κ1) is 13.6. The third kappa shape index (κ3) is 3.59. The second kappa shape index (κ2) is 6.95. The first-order chi connectivity index (χ1) is 8.81. The summed E-state index contributed by atoms with van der Waals surface area (Å²) >= 11 is 2.29. The van der Waals surface area contributed by atoms with E-state index in [0.29, 0.717) is 0 Å². The van der Waals surface area contributed by atoms with Crippen molar-refractivity contribution in [3.05, 3.63) is 21.5 Å². The Morgan fingerprint density at radius 2 is 2.33 bits per heavy atom. The van der Waals surface area contributed by atoms with Gasteiger partial charge in [0.2, 0.25) is 0 Å². The van der Waals surface area contributed by atoms with Crippen molar-refractivity contribution in [2.45, 2.75) is 19.8 Å². The third-order valence-corrected chi connectivity index (χ3v) is 4.03. The fraction of sp³-hybridized carbons (Fsp3) is 0.500. The average molecular weight is 355 g/mol. The van der Waals surface area contributed by atoms with Gasteiger partial charge in [-0.15, -0.1) is 5.92 Å². The summed E-state index contributed by atoms with van der Waals surface area (Å²) in [5.74, 6) is 6.07. The molecule has 1 N–H and O–H groups in total. The van der Waals surface area contributed by atoms with E-state index in [4.69, 9.17) is 0 Å². The number of rotatable bonds is 2. The van der Waals surface area contributed by atoms with E-state index in [1.807, 2.05) is 13.1 Å². The maximum absolute atomic E-state index is 4.49. The Bertz CT molecular complexity index is 454. The Morgan fingerprint density at radius 3 is 3.17 bits per heavy atom. The minimum Gasteiger partial charge on any atom is -0.369 e. The number of pyridine rings is 1. The summed E-state index contributed by atoms with van der Waals surface area (Å²) in [5.41, 5.74) is 2.46. The van der Waals surface area contributed by atoms with Crippen LogP contribution in [0.5, 0.6) is 0 Å². The zero-order valence-electron chi connectivity index (χ0n) is 10.7. The molecule has 1 aromatic heterocycles. The quantitative estimate of drug-likeness (QED) is 0.500. The number of nitrogens with one attached hydrogen (secondary N) is 1. The summed E-state index contributed by atoms with van der Waals surface area (Å²) in [7, 11) is 0. The van der Waals surface area contributed by atoms with Crippen LogP contribution in [0.2, 0.25) is 0 Å². The summed E-state index contributed by atoms with van der Waals surface area (Å²) in [5, 5.41) is 3.42. The molecular formula is C14H18IN3. The van der Waals surface area contributed by atoms with Crippen LogP contribution in [0.15, 0.2) is 12.3 Å². The van der Waals surface area contributed by atoms with Crippen molar-refractivity contribution < 1.29 is 0 Å². The van der Waals surface area contributed by atoms with E-state index in [1.165, 1.54) is 17.7 Å². The Labute approximate surface area is 123 Å². The molecule has 1 aromatic rings. The molecule has 1 aliphatic heterocycles. The van der Waals surface area contributed by atoms with E-state index < -0.39 is 0 Å². The molecule has 0 aromatic carbocycles.